The van der Waals surface area contributed by atoms with E-state index < -0.39 is 11.1 Å². The van der Waals surface area contributed by atoms with Crippen molar-refractivity contribution < 1.29 is 18.4 Å². The molecule has 1 aromatic carbocycles. The van der Waals surface area contributed by atoms with E-state index in [0.29, 0.717) is 74.5 Å². The van der Waals surface area contributed by atoms with Crippen LogP contribution < -0.4 is 4.90 Å². The van der Waals surface area contributed by atoms with Crippen molar-refractivity contribution in [2.24, 2.45) is 17.3 Å². The number of carbonyl (C=O) groups is 1. The van der Waals surface area contributed by atoms with Gasteiger partial charge in [0.25, 0.3) is 0 Å². The molecular formula is C36H38FN5O3. The lowest BCUT2D eigenvalue weighted by Crippen LogP contribution is -2.70. The lowest BCUT2D eigenvalue weighted by Gasteiger charge is -2.65. The summed E-state index contributed by atoms with van der Waals surface area (Å²) in [7, 11) is 0. The van der Waals surface area contributed by atoms with Crippen molar-refractivity contribution in [1.82, 2.24) is 15.1 Å². The Morgan fingerprint density at radius 1 is 1.11 bits per heavy atom. The number of nitrogens with zero attached hydrogens (tertiary/aromatic N) is 5. The van der Waals surface area contributed by atoms with Crippen LogP contribution in [0.25, 0.3) is 11.3 Å². The summed E-state index contributed by atoms with van der Waals surface area (Å²) >= 11 is 0. The van der Waals surface area contributed by atoms with Gasteiger partial charge in [-0.3, -0.25) is 9.78 Å². The normalized spacial score (nSPS) is 32.9. The molecule has 3 aromatic rings. The maximum Gasteiger partial charge on any atom is 0.233 e. The lowest BCUT2D eigenvalue weighted by atomic mass is 9.42. The highest BCUT2D eigenvalue weighted by atomic mass is 19.1. The minimum absolute atomic E-state index is 0.0499. The van der Waals surface area contributed by atoms with Gasteiger partial charge in [-0.05, 0) is 87.8 Å². The number of ether oxygens (including phenoxy) is 1. The van der Waals surface area contributed by atoms with E-state index in [1.165, 1.54) is 0 Å². The first kappa shape index (κ1) is 27.7. The molecule has 3 heterocycles. The average molecular weight is 608 g/mol. The van der Waals surface area contributed by atoms with Gasteiger partial charge in [-0.25, -0.2) is 4.39 Å². The minimum Gasteiger partial charge on any atom is -0.376 e. The number of aromatic nitrogens is 3. The Balaban J connectivity index is 1.02. The number of hydrogen-bond donors (Lipinski definition) is 0. The first-order valence-corrected chi connectivity index (χ1v) is 16.8. The fraction of sp³-hybridized carbons (Fsp3) is 0.583. The van der Waals surface area contributed by atoms with Crippen LogP contribution in [0, 0.1) is 28.6 Å². The van der Waals surface area contributed by atoms with E-state index in [9.17, 15) is 14.4 Å². The van der Waals surface area contributed by atoms with Crippen molar-refractivity contribution in [3.63, 3.8) is 0 Å². The number of carbonyl (C=O) groups excluding carboxylic acids is 1. The summed E-state index contributed by atoms with van der Waals surface area (Å²) in [5.41, 5.74) is 2.90. The van der Waals surface area contributed by atoms with Gasteiger partial charge in [0, 0.05) is 46.8 Å². The Bertz CT molecular complexity index is 1720. The van der Waals surface area contributed by atoms with Crippen LogP contribution in [-0.2, 0) is 28.0 Å². The molecule has 4 bridgehead atoms. The van der Waals surface area contributed by atoms with Gasteiger partial charge >= 0.3 is 0 Å². The number of pyridine rings is 1. The van der Waals surface area contributed by atoms with Gasteiger partial charge in [0.15, 0.2) is 5.82 Å². The van der Waals surface area contributed by atoms with Gasteiger partial charge in [0.05, 0.1) is 29.9 Å². The largest absolute Gasteiger partial charge is 0.376 e. The van der Waals surface area contributed by atoms with E-state index >= 15 is 0 Å². The van der Waals surface area contributed by atoms with Crippen LogP contribution in [0.4, 0.5) is 10.1 Å². The fourth-order valence-corrected chi connectivity index (χ4v) is 9.36. The Kier molecular flexibility index (Phi) is 6.10. The van der Waals surface area contributed by atoms with E-state index in [2.05, 4.69) is 11.2 Å². The average Bonchev–Trinajstić information content (AvgIpc) is 3.77. The molecule has 6 saturated carbocycles. The van der Waals surface area contributed by atoms with Crippen molar-refractivity contribution in [3.8, 4) is 17.3 Å². The lowest BCUT2D eigenvalue weighted by molar-refractivity contribution is -0.211. The van der Waals surface area contributed by atoms with Crippen LogP contribution in [0.2, 0.25) is 0 Å². The number of anilines is 1. The number of halogens is 1. The number of hydrogen-bond acceptors (Lipinski definition) is 7. The summed E-state index contributed by atoms with van der Waals surface area (Å²) in [6, 6.07) is 12.1. The predicted molar refractivity (Wildman–Crippen MR) is 163 cm³/mol. The predicted octanol–water partition coefficient (Wildman–Crippen LogP) is 6.72. The highest BCUT2D eigenvalue weighted by Gasteiger charge is 2.73. The van der Waals surface area contributed by atoms with Crippen LogP contribution in [0.5, 0.6) is 0 Å². The van der Waals surface area contributed by atoms with Crippen LogP contribution in [0.15, 0.2) is 34.9 Å². The van der Waals surface area contributed by atoms with Crippen molar-refractivity contribution >= 4 is 11.6 Å². The zero-order valence-electron chi connectivity index (χ0n) is 25.6. The van der Waals surface area contributed by atoms with Crippen molar-refractivity contribution in [2.75, 3.05) is 18.1 Å². The molecule has 45 heavy (non-hydrogen) atoms. The van der Waals surface area contributed by atoms with E-state index in [4.69, 9.17) is 19.2 Å². The van der Waals surface area contributed by atoms with Crippen molar-refractivity contribution in [2.45, 2.75) is 101 Å². The quantitative estimate of drug-likeness (QED) is 0.294. The molecule has 0 saturated heterocycles. The number of rotatable bonds is 7. The van der Waals surface area contributed by atoms with Crippen molar-refractivity contribution in [3.05, 3.63) is 58.9 Å². The standard InChI is InChI=1S/C36H38FN5O3/c37-36-19-35(20-36,21-36)33(43)42(28-5-1-3-23(14-28)30-26(16-38)13-27-18-44-12-9-29(27)39-30)17-25-8-11-34(10-2-4-24(25)15-34)32-40-31(41-45-32)22-6-7-22/h1,3,5,13-14,22,24-25H,2,4,6-12,15,17-21H2. The molecule has 6 fully saturated rings. The van der Waals surface area contributed by atoms with Gasteiger partial charge < -0.3 is 14.2 Å². The van der Waals surface area contributed by atoms with Gasteiger partial charge in [-0.1, -0.05) is 30.1 Å². The zero-order valence-corrected chi connectivity index (χ0v) is 25.6. The first-order chi connectivity index (χ1) is 21.9. The van der Waals surface area contributed by atoms with Gasteiger partial charge in [0.1, 0.15) is 11.7 Å². The molecular weight excluding hydrogens is 569 g/mol. The molecule has 2 aromatic heterocycles. The summed E-state index contributed by atoms with van der Waals surface area (Å²) in [6.07, 6.45) is 10.3. The Hall–Kier alpha value is -3.64. The van der Waals surface area contributed by atoms with Crippen molar-refractivity contribution in [1.29, 1.82) is 5.26 Å². The molecule has 6 aliphatic carbocycles. The van der Waals surface area contributed by atoms with Crippen LogP contribution in [0.1, 0.15) is 105 Å². The van der Waals surface area contributed by atoms with E-state index in [-0.39, 0.29) is 11.3 Å². The van der Waals surface area contributed by atoms with Crippen LogP contribution in [0.3, 0.4) is 0 Å². The fourth-order valence-electron chi connectivity index (χ4n) is 9.36. The third-order valence-electron chi connectivity index (χ3n) is 11.9. The van der Waals surface area contributed by atoms with E-state index in [1.54, 1.807) is 0 Å². The molecule has 0 radical (unpaired) electrons. The SMILES string of the molecule is N#Cc1cc2c(nc1-c1cccc(N(CC3CCC4(c5nc(C6CC6)no5)CCCC3C4)C(=O)C34CC(F)(C3)C4)c1)CCOC2. The third-order valence-corrected chi connectivity index (χ3v) is 11.9. The number of benzene rings is 1. The number of nitriles is 1. The molecule has 8 nitrogen and oxygen atoms in total. The van der Waals surface area contributed by atoms with Crippen LogP contribution in [-0.4, -0.2) is 39.9 Å². The number of alkyl halides is 1. The minimum atomic E-state index is -1.15. The molecule has 10 rings (SSSR count). The molecule has 1 aliphatic heterocycles. The zero-order chi connectivity index (χ0) is 30.4. The maximum absolute atomic E-state index is 14.7. The topological polar surface area (TPSA) is 105 Å². The second kappa shape index (κ2) is 9.93. The molecule has 0 N–H and O–H groups in total. The maximum atomic E-state index is 14.7. The third kappa shape index (κ3) is 4.46. The number of amides is 1. The molecule has 3 atom stereocenters. The number of fused-ring (bicyclic) bond motifs is 3. The molecule has 232 valence electrons. The monoisotopic (exact) mass is 607 g/mol. The smallest absolute Gasteiger partial charge is 0.233 e. The second-order valence-electron chi connectivity index (χ2n) is 15.0. The van der Waals surface area contributed by atoms with E-state index in [0.717, 1.165) is 85.6 Å². The molecule has 1 amide bonds. The first-order valence-electron chi connectivity index (χ1n) is 16.8. The Labute approximate surface area is 262 Å². The highest BCUT2D eigenvalue weighted by Crippen LogP contribution is 2.70. The second-order valence-corrected chi connectivity index (χ2v) is 15.0. The summed E-state index contributed by atoms with van der Waals surface area (Å²) in [5.74, 6) is 3.02. The van der Waals surface area contributed by atoms with Gasteiger partial charge in [0.2, 0.25) is 11.8 Å². The highest BCUT2D eigenvalue weighted by molar-refractivity contribution is 6.00. The summed E-state index contributed by atoms with van der Waals surface area (Å²) in [5, 5.41) is 14.4. The summed E-state index contributed by atoms with van der Waals surface area (Å²) in [4.78, 5) is 26.1. The van der Waals surface area contributed by atoms with Gasteiger partial charge in [-0.2, -0.15) is 10.2 Å². The Morgan fingerprint density at radius 3 is 2.78 bits per heavy atom. The molecule has 3 unspecified atom stereocenters. The van der Waals surface area contributed by atoms with Gasteiger partial charge in [-0.15, -0.1) is 0 Å². The molecule has 7 aliphatic rings. The van der Waals surface area contributed by atoms with Crippen LogP contribution >= 0.6 is 0 Å². The summed E-state index contributed by atoms with van der Waals surface area (Å²) < 4.78 is 26.2. The molecule has 9 heteroatoms. The summed E-state index contributed by atoms with van der Waals surface area (Å²) in [6.45, 7) is 1.70. The Morgan fingerprint density at radius 2 is 1.98 bits per heavy atom. The van der Waals surface area contributed by atoms with E-state index in [1.807, 2.05) is 35.2 Å². The molecule has 0 spiro atoms.